The van der Waals surface area contributed by atoms with Crippen LogP contribution in [0.25, 0.3) is 0 Å². The van der Waals surface area contributed by atoms with Gasteiger partial charge in [-0.3, -0.25) is 4.79 Å². The molecule has 1 aliphatic rings. The number of carbonyl (C=O) groups excluding carboxylic acids is 1. The first-order valence-corrected chi connectivity index (χ1v) is 5.68. The molecule has 4 N–H and O–H groups in total. The highest BCUT2D eigenvalue weighted by Gasteiger charge is 2.23. The van der Waals surface area contributed by atoms with E-state index in [0.29, 0.717) is 13.1 Å². The van der Waals surface area contributed by atoms with E-state index in [1.54, 1.807) is 11.0 Å². The molecule has 0 unspecified atom stereocenters. The van der Waals surface area contributed by atoms with Crippen molar-refractivity contribution in [1.82, 2.24) is 4.90 Å². The second kappa shape index (κ2) is 4.71. The van der Waals surface area contributed by atoms with Gasteiger partial charge in [0.05, 0.1) is 11.3 Å². The van der Waals surface area contributed by atoms with Gasteiger partial charge in [0.1, 0.15) is 5.82 Å². The summed E-state index contributed by atoms with van der Waals surface area (Å²) < 4.78 is 13.3. The molecule has 4 nitrogen and oxygen atoms in total. The van der Waals surface area contributed by atoms with E-state index in [0.717, 1.165) is 12.8 Å². The Kier molecular flexibility index (Phi) is 3.28. The first kappa shape index (κ1) is 11.9. The maximum Gasteiger partial charge on any atom is 0.256 e. The minimum atomic E-state index is -0.551. The number of hydrogen-bond donors (Lipinski definition) is 2. The smallest absolute Gasteiger partial charge is 0.256 e. The lowest BCUT2D eigenvalue weighted by Gasteiger charge is -2.30. The topological polar surface area (TPSA) is 72.4 Å². The standard InChI is InChI=1S/C12H16FN3O/c13-10-3-1-2-9(11(10)15)12(17)16-6-4-8(14)5-7-16/h1-3,8H,4-7,14-15H2. The third-order valence-corrected chi connectivity index (χ3v) is 3.11. The molecule has 1 amide bonds. The van der Waals surface area contributed by atoms with Gasteiger partial charge in [-0.25, -0.2) is 4.39 Å². The van der Waals surface area contributed by atoms with Gasteiger partial charge in [0, 0.05) is 19.1 Å². The summed E-state index contributed by atoms with van der Waals surface area (Å²) >= 11 is 0. The van der Waals surface area contributed by atoms with Crippen LogP contribution in [0.3, 0.4) is 0 Å². The van der Waals surface area contributed by atoms with E-state index < -0.39 is 5.82 Å². The Hall–Kier alpha value is -1.62. The number of anilines is 1. The quantitative estimate of drug-likeness (QED) is 0.715. The molecule has 1 aliphatic heterocycles. The van der Waals surface area contributed by atoms with Crippen LogP contribution in [0, 0.1) is 5.82 Å². The number of piperidine rings is 1. The number of nitrogens with two attached hydrogens (primary N) is 2. The van der Waals surface area contributed by atoms with Crippen molar-refractivity contribution in [1.29, 1.82) is 0 Å². The van der Waals surface area contributed by atoms with Gasteiger partial charge in [0.25, 0.3) is 5.91 Å². The van der Waals surface area contributed by atoms with E-state index >= 15 is 0 Å². The molecule has 1 heterocycles. The zero-order valence-corrected chi connectivity index (χ0v) is 9.53. The predicted octanol–water partition coefficient (Wildman–Crippen LogP) is 0.971. The number of likely N-dealkylation sites (tertiary alicyclic amines) is 1. The SMILES string of the molecule is Nc1c(F)cccc1C(=O)N1CCC(N)CC1. The Labute approximate surface area is 99.4 Å². The molecule has 0 aliphatic carbocycles. The summed E-state index contributed by atoms with van der Waals surface area (Å²) in [7, 11) is 0. The fraction of sp³-hybridized carbons (Fsp3) is 0.417. The summed E-state index contributed by atoms with van der Waals surface area (Å²) in [5, 5.41) is 0. The minimum Gasteiger partial charge on any atom is -0.396 e. The fourth-order valence-electron chi connectivity index (χ4n) is 2.00. The van der Waals surface area contributed by atoms with Crippen LogP contribution in [0.4, 0.5) is 10.1 Å². The second-order valence-corrected chi connectivity index (χ2v) is 4.33. The summed E-state index contributed by atoms with van der Waals surface area (Å²) in [4.78, 5) is 13.8. The van der Waals surface area contributed by atoms with Gasteiger partial charge in [0.2, 0.25) is 0 Å². The molecule has 17 heavy (non-hydrogen) atoms. The van der Waals surface area contributed by atoms with Crippen molar-refractivity contribution in [3.05, 3.63) is 29.6 Å². The van der Waals surface area contributed by atoms with E-state index in [4.69, 9.17) is 11.5 Å². The predicted molar refractivity (Wildman–Crippen MR) is 63.9 cm³/mol. The lowest BCUT2D eigenvalue weighted by Crippen LogP contribution is -2.43. The largest absolute Gasteiger partial charge is 0.396 e. The van der Waals surface area contributed by atoms with E-state index in [2.05, 4.69) is 0 Å². The molecule has 1 aromatic rings. The molecule has 0 spiro atoms. The van der Waals surface area contributed by atoms with Crippen molar-refractivity contribution in [2.45, 2.75) is 18.9 Å². The average molecular weight is 237 g/mol. The van der Waals surface area contributed by atoms with Gasteiger partial charge in [-0.2, -0.15) is 0 Å². The third kappa shape index (κ3) is 2.39. The summed E-state index contributed by atoms with van der Waals surface area (Å²) in [6.07, 6.45) is 1.56. The van der Waals surface area contributed by atoms with Crippen molar-refractivity contribution < 1.29 is 9.18 Å². The van der Waals surface area contributed by atoms with E-state index in [-0.39, 0.29) is 23.2 Å². The Morgan fingerprint density at radius 1 is 1.35 bits per heavy atom. The summed E-state index contributed by atoms with van der Waals surface area (Å²) in [5.74, 6) is -0.765. The number of amides is 1. The van der Waals surface area contributed by atoms with E-state index in [1.165, 1.54) is 12.1 Å². The Bertz CT molecular complexity index is 428. The molecule has 5 heteroatoms. The highest BCUT2D eigenvalue weighted by Crippen LogP contribution is 2.19. The first-order valence-electron chi connectivity index (χ1n) is 5.68. The first-order chi connectivity index (χ1) is 8.09. The number of nitrogen functional groups attached to an aromatic ring is 1. The lowest BCUT2D eigenvalue weighted by atomic mass is 10.0. The van der Waals surface area contributed by atoms with E-state index in [9.17, 15) is 9.18 Å². The van der Waals surface area contributed by atoms with Crippen LogP contribution in [0.1, 0.15) is 23.2 Å². The molecular weight excluding hydrogens is 221 g/mol. The number of benzene rings is 1. The van der Waals surface area contributed by atoms with Crippen molar-refractivity contribution in [3.63, 3.8) is 0 Å². The zero-order chi connectivity index (χ0) is 12.4. The van der Waals surface area contributed by atoms with Crippen molar-refractivity contribution in [3.8, 4) is 0 Å². The Balaban J connectivity index is 2.17. The zero-order valence-electron chi connectivity index (χ0n) is 9.53. The lowest BCUT2D eigenvalue weighted by molar-refractivity contribution is 0.0715. The maximum absolute atomic E-state index is 13.3. The number of hydrogen-bond acceptors (Lipinski definition) is 3. The molecule has 1 aromatic carbocycles. The molecule has 0 bridgehead atoms. The number of rotatable bonds is 1. The van der Waals surface area contributed by atoms with Crippen LogP contribution in [0.15, 0.2) is 18.2 Å². The summed E-state index contributed by atoms with van der Waals surface area (Å²) in [6, 6.07) is 4.45. The van der Waals surface area contributed by atoms with Gasteiger partial charge in [-0.05, 0) is 25.0 Å². The van der Waals surface area contributed by atoms with Crippen molar-refractivity contribution >= 4 is 11.6 Å². The number of carbonyl (C=O) groups is 1. The molecule has 1 saturated heterocycles. The third-order valence-electron chi connectivity index (χ3n) is 3.11. The number of para-hydroxylation sites is 1. The van der Waals surface area contributed by atoms with Gasteiger partial charge >= 0.3 is 0 Å². The molecule has 0 saturated carbocycles. The van der Waals surface area contributed by atoms with Crippen LogP contribution in [-0.2, 0) is 0 Å². The van der Waals surface area contributed by atoms with Gasteiger partial charge in [-0.1, -0.05) is 6.07 Å². The van der Waals surface area contributed by atoms with Crippen LogP contribution >= 0.6 is 0 Å². The Morgan fingerprint density at radius 3 is 2.65 bits per heavy atom. The van der Waals surface area contributed by atoms with Crippen molar-refractivity contribution in [2.24, 2.45) is 5.73 Å². The van der Waals surface area contributed by atoms with Gasteiger partial charge < -0.3 is 16.4 Å². The molecule has 0 aromatic heterocycles. The highest BCUT2D eigenvalue weighted by molar-refractivity contribution is 5.99. The monoisotopic (exact) mass is 237 g/mol. The van der Waals surface area contributed by atoms with Crippen LogP contribution in [0.5, 0.6) is 0 Å². The molecule has 0 atom stereocenters. The Morgan fingerprint density at radius 2 is 2.00 bits per heavy atom. The molecular formula is C12H16FN3O. The molecule has 2 rings (SSSR count). The van der Waals surface area contributed by atoms with E-state index in [1.807, 2.05) is 0 Å². The normalized spacial score (nSPS) is 17.2. The van der Waals surface area contributed by atoms with Crippen LogP contribution in [0.2, 0.25) is 0 Å². The molecule has 1 fully saturated rings. The summed E-state index contributed by atoms with van der Waals surface area (Å²) in [6.45, 7) is 1.21. The molecule has 0 radical (unpaired) electrons. The highest BCUT2D eigenvalue weighted by atomic mass is 19.1. The van der Waals surface area contributed by atoms with Crippen LogP contribution in [-0.4, -0.2) is 29.9 Å². The van der Waals surface area contributed by atoms with Gasteiger partial charge in [-0.15, -0.1) is 0 Å². The van der Waals surface area contributed by atoms with Crippen LogP contribution < -0.4 is 11.5 Å². The summed E-state index contributed by atoms with van der Waals surface area (Å²) in [5.41, 5.74) is 11.5. The fourth-order valence-corrected chi connectivity index (χ4v) is 2.00. The average Bonchev–Trinajstić information content (AvgIpc) is 2.33. The second-order valence-electron chi connectivity index (χ2n) is 4.33. The minimum absolute atomic E-state index is 0.0765. The number of halogens is 1. The molecule has 92 valence electrons. The van der Waals surface area contributed by atoms with Crippen molar-refractivity contribution in [2.75, 3.05) is 18.8 Å². The number of nitrogens with zero attached hydrogens (tertiary/aromatic N) is 1. The van der Waals surface area contributed by atoms with Gasteiger partial charge in [0.15, 0.2) is 0 Å². The maximum atomic E-state index is 13.3.